The molecule has 2 fully saturated rings. The Morgan fingerprint density at radius 3 is 1.29 bits per heavy atom. The molecular formula is C34H22N6O5. The zero-order valence-corrected chi connectivity index (χ0v) is 23.4. The number of fused-ring (bicyclic) bond motifs is 2. The van der Waals surface area contributed by atoms with Crippen molar-refractivity contribution in [3.63, 3.8) is 0 Å². The van der Waals surface area contributed by atoms with Crippen molar-refractivity contribution < 1.29 is 23.7 Å². The van der Waals surface area contributed by atoms with Crippen LogP contribution in [-0.4, -0.2) is 53.8 Å². The summed E-state index contributed by atoms with van der Waals surface area (Å²) in [5, 5.41) is 9.98. The van der Waals surface area contributed by atoms with Crippen molar-refractivity contribution in [2.45, 2.75) is 24.2 Å². The summed E-state index contributed by atoms with van der Waals surface area (Å²) in [4.78, 5) is 58.5. The minimum Gasteiger partial charge on any atom is -0.337 e. The second-order valence-electron chi connectivity index (χ2n) is 11.3. The molecule has 218 valence electrons. The van der Waals surface area contributed by atoms with E-state index in [2.05, 4.69) is 5.16 Å². The summed E-state index contributed by atoms with van der Waals surface area (Å²) < 4.78 is 5.82. The Kier molecular flexibility index (Phi) is 5.34. The molecule has 4 aliphatic rings. The largest absolute Gasteiger partial charge is 0.337 e. The molecule has 0 N–H and O–H groups in total. The number of carbonyl (C=O) groups is 4. The van der Waals surface area contributed by atoms with Gasteiger partial charge < -0.3 is 4.52 Å². The Bertz CT molecular complexity index is 1850. The van der Waals surface area contributed by atoms with Gasteiger partial charge in [0, 0.05) is 0 Å². The summed E-state index contributed by atoms with van der Waals surface area (Å²) in [5.74, 6) is -1.14. The Morgan fingerprint density at radius 1 is 0.467 bits per heavy atom. The molecule has 11 heteroatoms. The molecule has 6 atom stereocenters. The zero-order valence-electron chi connectivity index (χ0n) is 23.4. The summed E-state index contributed by atoms with van der Waals surface area (Å²) >= 11 is 0. The minimum atomic E-state index is -0.586. The van der Waals surface area contributed by atoms with Gasteiger partial charge in [-0.3, -0.25) is 19.2 Å². The lowest BCUT2D eigenvalue weighted by Gasteiger charge is -2.16. The third kappa shape index (κ3) is 3.65. The summed E-state index contributed by atoms with van der Waals surface area (Å²) in [6.07, 6.45) is 0. The van der Waals surface area contributed by atoms with Gasteiger partial charge in [-0.05, 0) is 35.4 Å². The highest BCUT2D eigenvalue weighted by Gasteiger charge is 2.63. The van der Waals surface area contributed by atoms with Gasteiger partial charge in [-0.25, -0.2) is 10.0 Å². The number of hydrogen-bond donors (Lipinski definition) is 0. The molecule has 4 aliphatic heterocycles. The molecule has 1 aromatic heterocycles. The standard InChI is InChI=1S/C34H22N6O5/c41-31-21-15-7-8-16-22(21)32(42)39(31)37-25(19-11-3-1-4-12-19)27(37)29-35-30(45-36-29)28-26(20-13-5-2-6-14-20)38(28)40-33(43)23-17-9-10-18-24(23)34(40)44/h1-18,25-28H/t25-,26-,27+,28+,37?,38?/m0/s1. The molecule has 11 nitrogen and oxygen atoms in total. The Morgan fingerprint density at radius 2 is 0.844 bits per heavy atom. The number of carbonyl (C=O) groups excluding carboxylic acids is 4. The van der Waals surface area contributed by atoms with Crippen LogP contribution in [0.1, 0.15) is 88.4 Å². The number of imide groups is 2. The smallest absolute Gasteiger partial charge is 0.276 e. The molecule has 4 aromatic carbocycles. The predicted octanol–water partition coefficient (Wildman–Crippen LogP) is 4.69. The number of benzene rings is 4. The predicted molar refractivity (Wildman–Crippen MR) is 156 cm³/mol. The molecule has 9 rings (SSSR count). The Labute approximate surface area is 255 Å². The lowest BCUT2D eigenvalue weighted by molar-refractivity contribution is 0.0321. The first-order valence-electron chi connectivity index (χ1n) is 14.5. The summed E-state index contributed by atoms with van der Waals surface area (Å²) in [6, 6.07) is 30.6. The average molecular weight is 595 g/mol. The van der Waals surface area contributed by atoms with Crippen molar-refractivity contribution >= 4 is 23.6 Å². The van der Waals surface area contributed by atoms with Crippen molar-refractivity contribution in [1.29, 1.82) is 0 Å². The number of aromatic nitrogens is 2. The van der Waals surface area contributed by atoms with Crippen molar-refractivity contribution in [3.05, 3.63) is 154 Å². The van der Waals surface area contributed by atoms with Gasteiger partial charge >= 0.3 is 0 Å². The van der Waals surface area contributed by atoms with Gasteiger partial charge in [-0.1, -0.05) is 90.1 Å². The van der Waals surface area contributed by atoms with Gasteiger partial charge in [-0.15, -0.1) is 0 Å². The molecule has 0 bridgehead atoms. The third-order valence-electron chi connectivity index (χ3n) is 8.82. The number of rotatable bonds is 6. The maximum absolute atomic E-state index is 13.4. The highest BCUT2D eigenvalue weighted by Crippen LogP contribution is 2.59. The highest BCUT2D eigenvalue weighted by molar-refractivity contribution is 6.21. The molecule has 0 spiro atoms. The van der Waals surface area contributed by atoms with Crippen LogP contribution in [0.2, 0.25) is 0 Å². The van der Waals surface area contributed by atoms with E-state index in [1.165, 1.54) is 0 Å². The van der Waals surface area contributed by atoms with Crippen LogP contribution in [0.25, 0.3) is 0 Å². The maximum Gasteiger partial charge on any atom is 0.276 e. The molecule has 2 saturated heterocycles. The molecular weight excluding hydrogens is 572 g/mol. The van der Waals surface area contributed by atoms with E-state index in [9.17, 15) is 19.2 Å². The van der Waals surface area contributed by atoms with E-state index in [1.807, 2.05) is 60.7 Å². The maximum atomic E-state index is 13.4. The van der Waals surface area contributed by atoms with E-state index < -0.39 is 47.8 Å². The van der Waals surface area contributed by atoms with Crippen LogP contribution in [0.5, 0.6) is 0 Å². The third-order valence-corrected chi connectivity index (χ3v) is 8.82. The fourth-order valence-corrected chi connectivity index (χ4v) is 6.68. The monoisotopic (exact) mass is 594 g/mol. The topological polar surface area (TPSA) is 120 Å². The highest BCUT2D eigenvalue weighted by atomic mass is 16.5. The quantitative estimate of drug-likeness (QED) is 0.204. The number of nitrogens with zero attached hydrogens (tertiary/aromatic N) is 6. The Balaban J connectivity index is 1.07. The van der Waals surface area contributed by atoms with Gasteiger partial charge in [-0.2, -0.15) is 15.0 Å². The van der Waals surface area contributed by atoms with Crippen LogP contribution < -0.4 is 0 Å². The first-order valence-corrected chi connectivity index (χ1v) is 14.5. The minimum absolute atomic E-state index is 0.219. The molecule has 0 aliphatic carbocycles. The van der Waals surface area contributed by atoms with Crippen LogP contribution in [0.3, 0.4) is 0 Å². The SMILES string of the molecule is O=C1c2ccccc2C(=O)N1N1[C@@H](c2ccccc2)[C@@H]1c1noc([C@H]2[C@H](c3ccccc3)N2N2C(=O)c3ccccc3C2=O)n1. The van der Waals surface area contributed by atoms with E-state index in [4.69, 9.17) is 9.51 Å². The van der Waals surface area contributed by atoms with Gasteiger partial charge in [0.15, 0.2) is 5.82 Å². The molecule has 0 radical (unpaired) electrons. The van der Waals surface area contributed by atoms with Gasteiger partial charge in [0.25, 0.3) is 23.6 Å². The van der Waals surface area contributed by atoms with Crippen LogP contribution in [0.4, 0.5) is 0 Å². The van der Waals surface area contributed by atoms with Crippen molar-refractivity contribution in [2.24, 2.45) is 0 Å². The van der Waals surface area contributed by atoms with E-state index >= 15 is 0 Å². The van der Waals surface area contributed by atoms with E-state index in [-0.39, 0.29) is 11.7 Å². The first kappa shape index (κ1) is 25.7. The van der Waals surface area contributed by atoms with Gasteiger partial charge in [0.05, 0.1) is 34.3 Å². The molecule has 45 heavy (non-hydrogen) atoms. The number of amides is 4. The van der Waals surface area contributed by atoms with Crippen molar-refractivity contribution in [2.75, 3.05) is 0 Å². The van der Waals surface area contributed by atoms with E-state index in [0.29, 0.717) is 22.3 Å². The fraction of sp³-hybridized carbons (Fsp3) is 0.118. The zero-order chi connectivity index (χ0) is 30.4. The second kappa shape index (κ2) is 9.36. The van der Waals surface area contributed by atoms with Crippen LogP contribution in [-0.2, 0) is 0 Å². The second-order valence-corrected chi connectivity index (χ2v) is 11.3. The first-order chi connectivity index (χ1) is 22.0. The fourth-order valence-electron chi connectivity index (χ4n) is 6.68. The normalized spacial score (nSPS) is 26.3. The van der Waals surface area contributed by atoms with E-state index in [1.54, 1.807) is 58.5 Å². The van der Waals surface area contributed by atoms with Crippen molar-refractivity contribution in [3.8, 4) is 0 Å². The van der Waals surface area contributed by atoms with Gasteiger partial charge in [0.2, 0.25) is 5.89 Å². The molecule has 0 saturated carbocycles. The van der Waals surface area contributed by atoms with E-state index in [0.717, 1.165) is 21.1 Å². The van der Waals surface area contributed by atoms with Gasteiger partial charge in [0.1, 0.15) is 12.1 Å². The average Bonchev–Trinajstić information content (AvgIpc) is 3.88. The molecule has 4 amide bonds. The van der Waals surface area contributed by atoms with Crippen molar-refractivity contribution in [1.82, 2.24) is 30.2 Å². The number of hydrazine groups is 2. The summed E-state index contributed by atoms with van der Waals surface area (Å²) in [6.45, 7) is 0. The Hall–Kier alpha value is -5.78. The molecule has 5 heterocycles. The van der Waals surface area contributed by atoms with Crippen LogP contribution >= 0.6 is 0 Å². The molecule has 2 unspecified atom stereocenters. The van der Waals surface area contributed by atoms with Crippen LogP contribution in [0.15, 0.2) is 114 Å². The number of hydrogen-bond acceptors (Lipinski definition) is 9. The lowest BCUT2D eigenvalue weighted by atomic mass is 10.1. The molecule has 5 aromatic rings. The lowest BCUT2D eigenvalue weighted by Crippen LogP contribution is -2.35. The van der Waals surface area contributed by atoms with Crippen LogP contribution in [0, 0.1) is 0 Å². The summed E-state index contributed by atoms with van der Waals surface area (Å²) in [7, 11) is 0. The summed E-state index contributed by atoms with van der Waals surface area (Å²) in [5.41, 5.74) is 3.12.